The SMILES string of the molecule is CCCCCCCCCCCCCCCCCCN(C)CCCCCCCCCCCCCCCCCC.O=C(O)CNCP(=O)(O)O. The lowest BCUT2D eigenvalue weighted by Crippen LogP contribution is -2.23. The van der Waals surface area contributed by atoms with Gasteiger partial charge in [-0.05, 0) is 33.0 Å². The Morgan fingerprint density at radius 3 is 0.917 bits per heavy atom. The van der Waals surface area contributed by atoms with E-state index < -0.39 is 26.4 Å². The topological polar surface area (TPSA) is 110 Å². The molecule has 0 radical (unpaired) electrons. The zero-order valence-corrected chi connectivity index (χ0v) is 33.4. The van der Waals surface area contributed by atoms with Crippen molar-refractivity contribution in [2.24, 2.45) is 0 Å². The summed E-state index contributed by atoms with van der Waals surface area (Å²) in [5.74, 6) is -1.14. The van der Waals surface area contributed by atoms with Crippen LogP contribution in [-0.2, 0) is 9.36 Å². The molecule has 0 atom stereocenters. The summed E-state index contributed by atoms with van der Waals surface area (Å²) in [5.41, 5.74) is 0. The van der Waals surface area contributed by atoms with E-state index in [1.165, 1.54) is 219 Å². The highest BCUT2D eigenvalue weighted by atomic mass is 31.2. The summed E-state index contributed by atoms with van der Waals surface area (Å²) in [4.78, 5) is 28.7. The monoisotopic (exact) mass is 705 g/mol. The Hall–Kier alpha value is -0.460. The maximum atomic E-state index is 10.1. The van der Waals surface area contributed by atoms with Crippen molar-refractivity contribution < 1.29 is 24.3 Å². The van der Waals surface area contributed by atoms with Gasteiger partial charge in [0.05, 0.1) is 12.8 Å². The second-order valence-corrected chi connectivity index (χ2v) is 16.2. The van der Waals surface area contributed by atoms with E-state index in [1.807, 2.05) is 0 Å². The van der Waals surface area contributed by atoms with Crippen molar-refractivity contribution in [1.82, 2.24) is 10.2 Å². The summed E-state index contributed by atoms with van der Waals surface area (Å²) in [6.07, 6.45) is 46.2. The van der Waals surface area contributed by atoms with Crippen LogP contribution in [0.15, 0.2) is 0 Å². The van der Waals surface area contributed by atoms with Gasteiger partial charge in [0.25, 0.3) is 0 Å². The van der Waals surface area contributed by atoms with E-state index in [9.17, 15) is 9.36 Å². The molecule has 0 saturated heterocycles. The zero-order valence-electron chi connectivity index (χ0n) is 32.5. The van der Waals surface area contributed by atoms with Crippen LogP contribution in [0.25, 0.3) is 0 Å². The van der Waals surface area contributed by atoms with E-state index in [1.54, 1.807) is 0 Å². The van der Waals surface area contributed by atoms with Crippen LogP contribution in [0.1, 0.15) is 219 Å². The number of rotatable bonds is 38. The van der Waals surface area contributed by atoms with Gasteiger partial charge in [0.1, 0.15) is 0 Å². The third-order valence-corrected chi connectivity index (χ3v) is 10.0. The van der Waals surface area contributed by atoms with Gasteiger partial charge >= 0.3 is 13.6 Å². The molecule has 0 aromatic rings. The summed E-state index contributed by atoms with van der Waals surface area (Å²) >= 11 is 0. The summed E-state index contributed by atoms with van der Waals surface area (Å²) < 4.78 is 10.1. The summed E-state index contributed by atoms with van der Waals surface area (Å²) in [7, 11) is -1.75. The minimum Gasteiger partial charge on any atom is -0.480 e. The van der Waals surface area contributed by atoms with Crippen molar-refractivity contribution in [2.75, 3.05) is 33.0 Å². The van der Waals surface area contributed by atoms with Gasteiger partial charge in [-0.15, -0.1) is 0 Å². The summed E-state index contributed by atoms with van der Waals surface area (Å²) in [5, 5.41) is 10.1. The first-order valence-corrected chi connectivity index (χ1v) is 22.7. The normalized spacial score (nSPS) is 11.6. The Balaban J connectivity index is 0. The number of carbonyl (C=O) groups is 1. The second kappa shape index (κ2) is 41.0. The highest BCUT2D eigenvalue weighted by Crippen LogP contribution is 2.31. The summed E-state index contributed by atoms with van der Waals surface area (Å²) in [6, 6.07) is 0. The number of hydrogen-bond acceptors (Lipinski definition) is 4. The number of carboxylic acids is 1. The minimum absolute atomic E-state index is 0.439. The van der Waals surface area contributed by atoms with Crippen LogP contribution in [0.3, 0.4) is 0 Å². The molecule has 0 unspecified atom stereocenters. The molecular weight excluding hydrogens is 619 g/mol. The predicted octanol–water partition coefficient (Wildman–Crippen LogP) is 12.2. The largest absolute Gasteiger partial charge is 0.480 e. The number of carboxylic acid groups (broad SMARTS) is 1. The van der Waals surface area contributed by atoms with Crippen molar-refractivity contribution >= 4 is 13.6 Å². The summed E-state index contributed by atoms with van der Waals surface area (Å²) in [6.45, 7) is 6.81. The Morgan fingerprint density at radius 2 is 0.708 bits per heavy atom. The van der Waals surface area contributed by atoms with Crippen LogP contribution < -0.4 is 5.32 Å². The molecule has 0 aromatic heterocycles. The molecule has 0 rings (SSSR count). The third-order valence-electron chi connectivity index (χ3n) is 9.38. The van der Waals surface area contributed by atoms with E-state index in [4.69, 9.17) is 14.9 Å². The smallest absolute Gasteiger partial charge is 0.339 e. The van der Waals surface area contributed by atoms with Gasteiger partial charge < -0.3 is 19.8 Å². The molecule has 0 spiro atoms. The molecule has 290 valence electrons. The van der Waals surface area contributed by atoms with Crippen molar-refractivity contribution in [3.05, 3.63) is 0 Å². The molecule has 0 aliphatic rings. The molecule has 48 heavy (non-hydrogen) atoms. The van der Waals surface area contributed by atoms with Crippen molar-refractivity contribution in [3.63, 3.8) is 0 Å². The molecule has 0 aliphatic heterocycles. The molecule has 0 amide bonds. The van der Waals surface area contributed by atoms with Crippen molar-refractivity contribution in [3.8, 4) is 0 Å². The third kappa shape index (κ3) is 49.9. The van der Waals surface area contributed by atoms with Gasteiger partial charge in [-0.2, -0.15) is 0 Å². The Morgan fingerprint density at radius 1 is 0.479 bits per heavy atom. The van der Waals surface area contributed by atoms with Crippen LogP contribution in [0.4, 0.5) is 0 Å². The van der Waals surface area contributed by atoms with Crippen molar-refractivity contribution in [2.45, 2.75) is 219 Å². The zero-order chi connectivity index (χ0) is 35.8. The number of unbranched alkanes of at least 4 members (excludes halogenated alkanes) is 30. The van der Waals surface area contributed by atoms with Crippen LogP contribution in [0, 0.1) is 0 Å². The standard InChI is InChI=1S/C37H77N.C3H8NO5P/c1-4-6-8-10-12-14-16-18-20-22-24-26-28-30-32-34-36-38(3)37-35-33-31-29-27-25-23-21-19-17-15-13-11-9-7-5-2;5-3(6)1-4-2-10(7,8)9/h4-37H2,1-3H3;4H,1-2H2,(H,5,6)(H2,7,8,9). The molecule has 8 heteroatoms. The highest BCUT2D eigenvalue weighted by molar-refractivity contribution is 7.51. The van der Waals surface area contributed by atoms with Crippen LogP contribution in [0.5, 0.6) is 0 Å². The molecule has 4 N–H and O–H groups in total. The van der Waals surface area contributed by atoms with Gasteiger partial charge in [-0.25, -0.2) is 0 Å². The average molecular weight is 705 g/mol. The first-order valence-electron chi connectivity index (χ1n) is 20.9. The van der Waals surface area contributed by atoms with Gasteiger partial charge in [0.15, 0.2) is 0 Å². The lowest BCUT2D eigenvalue weighted by Gasteiger charge is -2.16. The predicted molar refractivity (Wildman–Crippen MR) is 209 cm³/mol. The second-order valence-electron chi connectivity index (χ2n) is 14.6. The molecule has 0 bridgehead atoms. The van der Waals surface area contributed by atoms with Gasteiger partial charge in [-0.1, -0.05) is 206 Å². The fourth-order valence-electron chi connectivity index (χ4n) is 6.28. The molecule has 0 aliphatic carbocycles. The van der Waals surface area contributed by atoms with E-state index in [0.717, 1.165) is 0 Å². The number of nitrogens with zero attached hydrogens (tertiary/aromatic N) is 1. The number of hydrogen-bond donors (Lipinski definition) is 4. The van der Waals surface area contributed by atoms with Crippen LogP contribution in [-0.4, -0.2) is 58.7 Å². The van der Waals surface area contributed by atoms with Crippen LogP contribution >= 0.6 is 7.60 Å². The maximum Gasteiger partial charge on any atom is 0.339 e. The minimum atomic E-state index is -4.10. The Kier molecular flexibility index (Phi) is 42.4. The van der Waals surface area contributed by atoms with E-state index in [0.29, 0.717) is 0 Å². The fourth-order valence-corrected chi connectivity index (χ4v) is 6.68. The maximum absolute atomic E-state index is 10.1. The number of nitrogens with one attached hydrogen (secondary N) is 1. The fraction of sp³-hybridized carbons (Fsp3) is 0.975. The van der Waals surface area contributed by atoms with E-state index >= 15 is 0 Å². The first kappa shape index (κ1) is 49.7. The van der Waals surface area contributed by atoms with E-state index in [-0.39, 0.29) is 0 Å². The lowest BCUT2D eigenvalue weighted by molar-refractivity contribution is -0.135. The van der Waals surface area contributed by atoms with Crippen molar-refractivity contribution in [1.29, 1.82) is 0 Å². The van der Waals surface area contributed by atoms with Crippen LogP contribution in [0.2, 0.25) is 0 Å². The molecular formula is C40H85N2O5P. The first-order chi connectivity index (χ1) is 23.2. The number of aliphatic carboxylic acids is 1. The Labute approximate surface area is 299 Å². The molecule has 0 saturated carbocycles. The average Bonchev–Trinajstić information content (AvgIpc) is 3.04. The molecule has 0 fully saturated rings. The quantitative estimate of drug-likeness (QED) is 0.0374. The van der Waals surface area contributed by atoms with Gasteiger partial charge in [-0.3, -0.25) is 14.7 Å². The Bertz CT molecular complexity index is 640. The molecule has 0 aromatic carbocycles. The molecule has 7 nitrogen and oxygen atoms in total. The van der Waals surface area contributed by atoms with Gasteiger partial charge in [0.2, 0.25) is 0 Å². The van der Waals surface area contributed by atoms with Gasteiger partial charge in [0, 0.05) is 0 Å². The highest BCUT2D eigenvalue weighted by Gasteiger charge is 2.11. The van der Waals surface area contributed by atoms with E-state index in [2.05, 4.69) is 31.1 Å². The lowest BCUT2D eigenvalue weighted by atomic mass is 10.0. The molecule has 0 heterocycles.